The highest BCUT2D eigenvalue weighted by Crippen LogP contribution is 2.58. The summed E-state index contributed by atoms with van der Waals surface area (Å²) in [6.45, 7) is 9.63. The Kier molecular flexibility index (Phi) is 6.34. The zero-order chi connectivity index (χ0) is 34.5. The molecule has 10 rings (SSSR count). The van der Waals surface area contributed by atoms with Gasteiger partial charge < -0.3 is 5.32 Å². The predicted octanol–water partition coefficient (Wildman–Crippen LogP) is 13.7. The van der Waals surface area contributed by atoms with Gasteiger partial charge in [0.15, 0.2) is 0 Å². The molecular formula is C50H39N. The first-order chi connectivity index (χ1) is 24.8. The molecule has 1 nitrogen and oxygen atoms in total. The van der Waals surface area contributed by atoms with E-state index in [1.807, 2.05) is 0 Å². The maximum atomic E-state index is 3.63. The number of fused-ring (bicyclic) bond motifs is 8. The van der Waals surface area contributed by atoms with Crippen molar-refractivity contribution in [3.05, 3.63) is 180 Å². The molecule has 0 heterocycles. The molecule has 2 aliphatic carbocycles. The number of benzene rings is 8. The molecule has 244 valence electrons. The molecule has 0 atom stereocenters. The summed E-state index contributed by atoms with van der Waals surface area (Å²) in [4.78, 5) is 0. The second-order valence-electron chi connectivity index (χ2n) is 15.4. The number of hydrogen-bond acceptors (Lipinski definition) is 1. The lowest BCUT2D eigenvalue weighted by atomic mass is 9.78. The van der Waals surface area contributed by atoms with Crippen molar-refractivity contribution in [3.8, 4) is 44.5 Å². The van der Waals surface area contributed by atoms with Crippen molar-refractivity contribution in [2.24, 2.45) is 0 Å². The Bertz CT molecular complexity index is 2680. The van der Waals surface area contributed by atoms with Gasteiger partial charge in [-0.05, 0) is 137 Å². The Labute approximate surface area is 300 Å². The summed E-state index contributed by atoms with van der Waals surface area (Å²) in [7, 11) is 0. The third-order valence-corrected chi connectivity index (χ3v) is 11.8. The number of nitrogens with one attached hydrogen (secondary N) is 1. The Morgan fingerprint density at radius 1 is 0.333 bits per heavy atom. The molecule has 8 aromatic carbocycles. The fourth-order valence-electron chi connectivity index (χ4n) is 9.23. The van der Waals surface area contributed by atoms with E-state index < -0.39 is 0 Å². The molecule has 0 radical (unpaired) electrons. The molecule has 0 unspecified atom stereocenters. The molecule has 0 saturated heterocycles. The van der Waals surface area contributed by atoms with Crippen LogP contribution in [0.3, 0.4) is 0 Å². The van der Waals surface area contributed by atoms with Gasteiger partial charge in [0, 0.05) is 22.2 Å². The van der Waals surface area contributed by atoms with Gasteiger partial charge in [0.25, 0.3) is 0 Å². The van der Waals surface area contributed by atoms with Crippen LogP contribution in [0.25, 0.3) is 66.1 Å². The van der Waals surface area contributed by atoms with Crippen molar-refractivity contribution in [1.29, 1.82) is 0 Å². The van der Waals surface area contributed by atoms with E-state index in [1.165, 1.54) is 88.3 Å². The lowest BCUT2D eigenvalue weighted by molar-refractivity contribution is 0.652. The zero-order valence-electron chi connectivity index (χ0n) is 29.5. The van der Waals surface area contributed by atoms with Crippen molar-refractivity contribution in [2.75, 3.05) is 5.32 Å². The molecule has 1 N–H and O–H groups in total. The summed E-state index contributed by atoms with van der Waals surface area (Å²) in [6.07, 6.45) is 0. The number of anilines is 2. The van der Waals surface area contributed by atoms with Gasteiger partial charge >= 0.3 is 0 Å². The van der Waals surface area contributed by atoms with E-state index >= 15 is 0 Å². The van der Waals surface area contributed by atoms with Crippen LogP contribution in [-0.4, -0.2) is 0 Å². The van der Waals surface area contributed by atoms with Gasteiger partial charge in [-0.1, -0.05) is 137 Å². The largest absolute Gasteiger partial charge is 0.356 e. The normalized spacial score (nSPS) is 14.6. The van der Waals surface area contributed by atoms with Gasteiger partial charge in [-0.3, -0.25) is 0 Å². The summed E-state index contributed by atoms with van der Waals surface area (Å²) in [5, 5.41) is 8.84. The summed E-state index contributed by atoms with van der Waals surface area (Å²) in [5.74, 6) is 0. The van der Waals surface area contributed by atoms with Crippen LogP contribution >= 0.6 is 0 Å². The number of hydrogen-bond donors (Lipinski definition) is 1. The summed E-state index contributed by atoms with van der Waals surface area (Å²) < 4.78 is 0. The second kappa shape index (κ2) is 10.8. The molecule has 0 fully saturated rings. The quantitative estimate of drug-likeness (QED) is 0.186. The molecule has 0 amide bonds. The smallest absolute Gasteiger partial charge is 0.0387 e. The minimum absolute atomic E-state index is 0.135. The molecule has 51 heavy (non-hydrogen) atoms. The van der Waals surface area contributed by atoms with Crippen molar-refractivity contribution in [3.63, 3.8) is 0 Å². The van der Waals surface area contributed by atoms with Crippen molar-refractivity contribution in [1.82, 2.24) is 0 Å². The van der Waals surface area contributed by atoms with Gasteiger partial charge in [-0.2, -0.15) is 0 Å². The molecule has 0 spiro atoms. The Morgan fingerprint density at radius 2 is 0.765 bits per heavy atom. The third kappa shape index (κ3) is 4.34. The molecule has 0 saturated carbocycles. The first-order valence-corrected chi connectivity index (χ1v) is 18.1. The maximum Gasteiger partial charge on any atom is 0.0387 e. The minimum Gasteiger partial charge on any atom is -0.356 e. The molecule has 0 bridgehead atoms. The molecule has 8 aromatic rings. The van der Waals surface area contributed by atoms with Crippen molar-refractivity contribution < 1.29 is 0 Å². The lowest BCUT2D eigenvalue weighted by Gasteiger charge is -2.25. The topological polar surface area (TPSA) is 12.0 Å². The van der Waals surface area contributed by atoms with Gasteiger partial charge in [0.1, 0.15) is 0 Å². The first kappa shape index (κ1) is 29.9. The standard InChI is InChI=1S/C50H39N/c1-49(2)43-26-34(51-33-20-12-7-13-21-33)24-25-35(43)39-28-45-40(29-44(39)49)38-27-41-42(30-46(38)50(45,3)4)48(32-18-10-6-11-19-32)37-23-15-14-22-36(37)47(41)31-16-8-5-9-17-31/h5-30,51H,1-4H3. The van der Waals surface area contributed by atoms with E-state index in [1.54, 1.807) is 0 Å². The molecule has 1 heteroatoms. The summed E-state index contributed by atoms with van der Waals surface area (Å²) in [5.41, 5.74) is 18.1. The summed E-state index contributed by atoms with van der Waals surface area (Å²) in [6, 6.07) is 58.4. The van der Waals surface area contributed by atoms with E-state index in [9.17, 15) is 0 Å². The van der Waals surface area contributed by atoms with Gasteiger partial charge in [0.2, 0.25) is 0 Å². The van der Waals surface area contributed by atoms with E-state index in [4.69, 9.17) is 0 Å². The zero-order valence-corrected chi connectivity index (χ0v) is 29.5. The fraction of sp³-hybridized carbons (Fsp3) is 0.120. The average molecular weight is 654 g/mol. The SMILES string of the molecule is CC1(C)c2cc(Nc3ccccc3)ccc2-c2cc3c(cc21)-c1cc2c(-c4ccccc4)c4ccccc4c(-c4ccccc4)c2cc1C3(C)C. The lowest BCUT2D eigenvalue weighted by Crippen LogP contribution is -2.17. The summed E-state index contributed by atoms with van der Waals surface area (Å²) >= 11 is 0. The van der Waals surface area contributed by atoms with Crippen LogP contribution in [0, 0.1) is 0 Å². The molecule has 2 aliphatic rings. The van der Waals surface area contributed by atoms with Crippen molar-refractivity contribution >= 4 is 32.9 Å². The highest BCUT2D eigenvalue weighted by molar-refractivity contribution is 6.22. The Balaban J connectivity index is 1.22. The predicted molar refractivity (Wildman–Crippen MR) is 217 cm³/mol. The molecule has 0 aliphatic heterocycles. The van der Waals surface area contributed by atoms with Crippen LogP contribution in [0.5, 0.6) is 0 Å². The monoisotopic (exact) mass is 653 g/mol. The first-order valence-electron chi connectivity index (χ1n) is 18.1. The van der Waals surface area contributed by atoms with Crippen LogP contribution in [0.15, 0.2) is 158 Å². The highest BCUT2D eigenvalue weighted by Gasteiger charge is 2.42. The number of rotatable bonds is 4. The van der Waals surface area contributed by atoms with Gasteiger partial charge in [0.05, 0.1) is 0 Å². The Morgan fingerprint density at radius 3 is 1.33 bits per heavy atom. The van der Waals surface area contributed by atoms with Crippen LogP contribution in [-0.2, 0) is 10.8 Å². The van der Waals surface area contributed by atoms with Crippen LogP contribution in [0.1, 0.15) is 49.9 Å². The third-order valence-electron chi connectivity index (χ3n) is 11.8. The van der Waals surface area contributed by atoms with E-state index in [0.717, 1.165) is 11.4 Å². The highest BCUT2D eigenvalue weighted by atomic mass is 14.9. The van der Waals surface area contributed by atoms with Crippen molar-refractivity contribution in [2.45, 2.75) is 38.5 Å². The van der Waals surface area contributed by atoms with E-state index in [0.29, 0.717) is 0 Å². The van der Waals surface area contributed by atoms with Crippen LogP contribution in [0.2, 0.25) is 0 Å². The van der Waals surface area contributed by atoms with E-state index in [-0.39, 0.29) is 10.8 Å². The number of para-hydroxylation sites is 1. The van der Waals surface area contributed by atoms with Gasteiger partial charge in [-0.25, -0.2) is 0 Å². The van der Waals surface area contributed by atoms with E-state index in [2.05, 4.69) is 191 Å². The fourth-order valence-corrected chi connectivity index (χ4v) is 9.23. The van der Waals surface area contributed by atoms with Crippen LogP contribution in [0.4, 0.5) is 11.4 Å². The second-order valence-corrected chi connectivity index (χ2v) is 15.4. The Hall–Kier alpha value is -5.92. The van der Waals surface area contributed by atoms with Crippen LogP contribution < -0.4 is 5.32 Å². The van der Waals surface area contributed by atoms with Gasteiger partial charge in [-0.15, -0.1) is 0 Å². The maximum absolute atomic E-state index is 3.63. The minimum atomic E-state index is -0.165. The average Bonchev–Trinajstić information content (AvgIpc) is 3.51. The molecular weight excluding hydrogens is 615 g/mol. The molecule has 0 aromatic heterocycles.